The Morgan fingerprint density at radius 2 is 1.24 bits per heavy atom. The number of carbonyl (C=O) groups excluding carboxylic acids is 3. The Kier molecular flexibility index (Phi) is 12.0. The largest absolute Gasteiger partial charge is 0.493 e. The molecular formula is C40H39NO8. The maximum Gasteiger partial charge on any atom is 0.324 e. The van der Waals surface area contributed by atoms with Crippen molar-refractivity contribution in [1.29, 1.82) is 0 Å². The average molecular weight is 662 g/mol. The number of hydrogen-bond acceptors (Lipinski definition) is 9. The Labute approximate surface area is 285 Å². The molecule has 9 heteroatoms. The van der Waals surface area contributed by atoms with Crippen molar-refractivity contribution < 1.29 is 37.7 Å². The number of benzene rings is 4. The predicted octanol–water partition coefficient (Wildman–Crippen LogP) is 7.24. The average Bonchev–Trinajstić information content (AvgIpc) is 3.51. The van der Waals surface area contributed by atoms with Crippen molar-refractivity contribution in [1.82, 2.24) is 4.98 Å². The first-order valence-electron chi connectivity index (χ1n) is 16.2. The van der Waals surface area contributed by atoms with E-state index in [2.05, 4.69) is 4.98 Å². The van der Waals surface area contributed by atoms with Crippen molar-refractivity contribution in [2.75, 3.05) is 13.2 Å². The molecule has 4 aromatic carbocycles. The molecule has 0 atom stereocenters. The number of rotatable bonds is 16. The van der Waals surface area contributed by atoms with E-state index in [-0.39, 0.29) is 26.2 Å². The number of aryl methyl sites for hydroxylation is 1. The number of esters is 3. The van der Waals surface area contributed by atoms with E-state index in [0.717, 1.165) is 28.1 Å². The second kappa shape index (κ2) is 16.9. The summed E-state index contributed by atoms with van der Waals surface area (Å²) in [6, 6.07) is 34.9. The van der Waals surface area contributed by atoms with Gasteiger partial charge >= 0.3 is 17.9 Å². The van der Waals surface area contributed by atoms with Gasteiger partial charge in [-0.3, -0.25) is 14.4 Å². The van der Waals surface area contributed by atoms with E-state index in [1.807, 2.05) is 73.7 Å². The fourth-order valence-electron chi connectivity index (χ4n) is 5.30. The van der Waals surface area contributed by atoms with Crippen LogP contribution in [0.25, 0.3) is 11.5 Å². The molecule has 252 valence electrons. The van der Waals surface area contributed by atoms with E-state index in [9.17, 15) is 14.4 Å². The maximum atomic E-state index is 13.9. The molecule has 1 aromatic heterocycles. The minimum atomic E-state index is -2.00. The molecule has 0 saturated carbocycles. The molecule has 0 aliphatic carbocycles. The summed E-state index contributed by atoms with van der Waals surface area (Å²) >= 11 is 0. The van der Waals surface area contributed by atoms with Gasteiger partial charge in [-0.1, -0.05) is 91.0 Å². The van der Waals surface area contributed by atoms with Crippen LogP contribution in [-0.2, 0) is 54.6 Å². The molecule has 5 aromatic rings. The monoisotopic (exact) mass is 661 g/mol. The van der Waals surface area contributed by atoms with Crippen LogP contribution < -0.4 is 4.74 Å². The molecular weight excluding hydrogens is 622 g/mol. The van der Waals surface area contributed by atoms with Crippen LogP contribution in [0.5, 0.6) is 5.75 Å². The van der Waals surface area contributed by atoms with Gasteiger partial charge < -0.3 is 23.4 Å². The fourth-order valence-corrected chi connectivity index (χ4v) is 5.30. The molecule has 5 rings (SSSR count). The molecule has 1 heterocycles. The topological polar surface area (TPSA) is 114 Å². The van der Waals surface area contributed by atoms with Crippen molar-refractivity contribution in [3.8, 4) is 17.2 Å². The summed E-state index contributed by atoms with van der Waals surface area (Å²) in [7, 11) is 0. The minimum absolute atomic E-state index is 0.0825. The molecule has 0 N–H and O–H groups in total. The van der Waals surface area contributed by atoms with Gasteiger partial charge in [0.15, 0.2) is 5.41 Å². The summed E-state index contributed by atoms with van der Waals surface area (Å²) in [5.74, 6) is -0.583. The van der Waals surface area contributed by atoms with Gasteiger partial charge in [0.1, 0.15) is 24.7 Å². The molecule has 0 spiro atoms. The van der Waals surface area contributed by atoms with Gasteiger partial charge in [-0.15, -0.1) is 0 Å². The molecule has 0 aliphatic rings. The van der Waals surface area contributed by atoms with E-state index < -0.39 is 29.7 Å². The lowest BCUT2D eigenvalue weighted by Crippen LogP contribution is -2.45. The van der Waals surface area contributed by atoms with E-state index in [1.165, 1.54) is 0 Å². The van der Waals surface area contributed by atoms with Crippen LogP contribution in [0, 0.1) is 12.3 Å². The van der Waals surface area contributed by atoms with Crippen molar-refractivity contribution in [3.05, 3.63) is 143 Å². The summed E-state index contributed by atoms with van der Waals surface area (Å²) in [5.41, 5.74) is 1.78. The highest BCUT2D eigenvalue weighted by Gasteiger charge is 2.51. The lowest BCUT2D eigenvalue weighted by atomic mass is 9.78. The van der Waals surface area contributed by atoms with Crippen LogP contribution in [0.1, 0.15) is 41.5 Å². The molecule has 0 radical (unpaired) electrons. The van der Waals surface area contributed by atoms with E-state index in [1.54, 1.807) is 55.5 Å². The van der Waals surface area contributed by atoms with Crippen molar-refractivity contribution in [2.45, 2.75) is 46.3 Å². The molecule has 0 fully saturated rings. The quantitative estimate of drug-likeness (QED) is 0.0613. The Balaban J connectivity index is 1.32. The summed E-state index contributed by atoms with van der Waals surface area (Å²) < 4.78 is 28.4. The molecule has 0 unspecified atom stereocenters. The molecule has 49 heavy (non-hydrogen) atoms. The third-order valence-electron chi connectivity index (χ3n) is 7.91. The Morgan fingerprint density at radius 3 is 1.80 bits per heavy atom. The van der Waals surface area contributed by atoms with Crippen LogP contribution in [0.4, 0.5) is 0 Å². The maximum absolute atomic E-state index is 13.9. The summed E-state index contributed by atoms with van der Waals surface area (Å²) in [6.07, 6.45) is -0.177. The zero-order valence-corrected chi connectivity index (χ0v) is 27.6. The molecule has 0 bridgehead atoms. The van der Waals surface area contributed by atoms with Gasteiger partial charge in [-0.25, -0.2) is 4.98 Å². The molecule has 9 nitrogen and oxygen atoms in total. The fraction of sp³-hybridized carbons (Fsp3) is 0.250. The van der Waals surface area contributed by atoms with E-state index in [0.29, 0.717) is 30.2 Å². The molecule has 0 aliphatic heterocycles. The number of hydrogen-bond donors (Lipinski definition) is 0. The van der Waals surface area contributed by atoms with Crippen LogP contribution in [-0.4, -0.2) is 36.1 Å². The van der Waals surface area contributed by atoms with Gasteiger partial charge in [0.05, 0.1) is 25.3 Å². The molecule has 0 saturated heterocycles. The number of oxazole rings is 1. The Morgan fingerprint density at radius 1 is 0.694 bits per heavy atom. The van der Waals surface area contributed by atoms with Crippen LogP contribution in [0.2, 0.25) is 0 Å². The minimum Gasteiger partial charge on any atom is -0.493 e. The highest BCUT2D eigenvalue weighted by atomic mass is 16.6. The third kappa shape index (κ3) is 9.44. The predicted molar refractivity (Wildman–Crippen MR) is 182 cm³/mol. The van der Waals surface area contributed by atoms with E-state index in [4.69, 9.17) is 23.4 Å². The summed E-state index contributed by atoms with van der Waals surface area (Å²) in [5, 5.41) is 0. The Bertz CT molecular complexity index is 1750. The molecule has 0 amide bonds. The lowest BCUT2D eigenvalue weighted by molar-refractivity contribution is -0.179. The number of carbonyl (C=O) groups is 3. The smallest absolute Gasteiger partial charge is 0.324 e. The number of nitrogens with zero attached hydrogens (tertiary/aromatic N) is 1. The van der Waals surface area contributed by atoms with Crippen molar-refractivity contribution in [2.24, 2.45) is 5.41 Å². The van der Waals surface area contributed by atoms with Gasteiger partial charge in [-0.05, 0) is 61.2 Å². The van der Waals surface area contributed by atoms with Gasteiger partial charge in [0.25, 0.3) is 0 Å². The summed E-state index contributed by atoms with van der Waals surface area (Å²) in [4.78, 5) is 45.4. The van der Waals surface area contributed by atoms with Crippen LogP contribution in [0.3, 0.4) is 0 Å². The van der Waals surface area contributed by atoms with Crippen LogP contribution in [0.15, 0.2) is 120 Å². The number of aromatic nitrogens is 1. The zero-order chi connectivity index (χ0) is 34.5. The lowest BCUT2D eigenvalue weighted by Gasteiger charge is -2.29. The second-order valence-corrected chi connectivity index (χ2v) is 11.5. The third-order valence-corrected chi connectivity index (χ3v) is 7.91. The van der Waals surface area contributed by atoms with Crippen molar-refractivity contribution >= 4 is 17.9 Å². The summed E-state index contributed by atoms with van der Waals surface area (Å²) in [6.45, 7) is 3.81. The Hall–Kier alpha value is -5.70. The second-order valence-electron chi connectivity index (χ2n) is 11.5. The van der Waals surface area contributed by atoms with Crippen molar-refractivity contribution in [3.63, 3.8) is 0 Å². The first-order chi connectivity index (χ1) is 23.9. The van der Waals surface area contributed by atoms with Gasteiger partial charge in [0, 0.05) is 12.0 Å². The number of ether oxygens (including phenoxy) is 4. The van der Waals surface area contributed by atoms with E-state index >= 15 is 0 Å². The SMILES string of the molecule is CCOC(=O)CC(Cc1ccc(OCCc2nc(-c3ccccc3)oc2C)cc1)(C(=O)OCc1ccccc1)C(=O)OCc1ccccc1. The van der Waals surface area contributed by atoms with Gasteiger partial charge in [-0.2, -0.15) is 0 Å². The van der Waals surface area contributed by atoms with Crippen LogP contribution >= 0.6 is 0 Å². The highest BCUT2D eigenvalue weighted by molar-refractivity contribution is 6.03. The normalized spacial score (nSPS) is 11.1. The zero-order valence-electron chi connectivity index (χ0n) is 27.6. The highest BCUT2D eigenvalue weighted by Crippen LogP contribution is 2.34. The first-order valence-corrected chi connectivity index (χ1v) is 16.2. The first kappa shape index (κ1) is 34.6. The van der Waals surface area contributed by atoms with Gasteiger partial charge in [0.2, 0.25) is 5.89 Å². The standard InChI is InChI=1S/C40H39NO8/c1-3-45-36(42)26-40(38(43)47-27-31-13-7-4-8-14-31,39(44)48-28-32-15-9-5-10-16-32)25-30-19-21-34(22-20-30)46-24-23-35-29(2)49-37(41-35)33-17-11-6-12-18-33/h4-22H,3,23-28H2,1-2H3.